The lowest BCUT2D eigenvalue weighted by atomic mass is 10.1. The lowest BCUT2D eigenvalue weighted by Gasteiger charge is -2.25. The minimum absolute atomic E-state index is 0.170. The van der Waals surface area contributed by atoms with Gasteiger partial charge in [0.15, 0.2) is 5.82 Å². The van der Waals surface area contributed by atoms with Crippen LogP contribution in [0.25, 0.3) is 0 Å². The molecule has 2 fully saturated rings. The molecule has 6 heteroatoms. The fraction of sp³-hybridized carbons (Fsp3) is 0.846. The van der Waals surface area contributed by atoms with Gasteiger partial charge in [-0.15, -0.1) is 0 Å². The molecule has 0 saturated carbocycles. The van der Waals surface area contributed by atoms with Crippen LogP contribution in [0, 0.1) is 16.0 Å². The van der Waals surface area contributed by atoms with Gasteiger partial charge < -0.3 is 14.5 Å². The number of rotatable bonds is 3. The number of hydrogen-bond acceptors (Lipinski definition) is 5. The Morgan fingerprint density at radius 1 is 1.32 bits per heavy atom. The smallest absolute Gasteiger partial charge is 0.286 e. The van der Waals surface area contributed by atoms with Crippen LogP contribution in [0.5, 0.6) is 0 Å². The van der Waals surface area contributed by atoms with Crippen LogP contribution in [0.3, 0.4) is 0 Å². The summed E-state index contributed by atoms with van der Waals surface area (Å²) in [5.74, 6) is 1.43. The molecule has 6 nitrogen and oxygen atoms in total. The van der Waals surface area contributed by atoms with Gasteiger partial charge in [0.25, 0.3) is 5.70 Å². The molecule has 0 aromatic heterocycles. The Morgan fingerprint density at radius 2 is 2.21 bits per heavy atom. The van der Waals surface area contributed by atoms with Crippen LogP contribution in [0.1, 0.15) is 25.7 Å². The fourth-order valence-electron chi connectivity index (χ4n) is 3.33. The topological polar surface area (TPSA) is 58.9 Å². The molecule has 2 saturated heterocycles. The Labute approximate surface area is 113 Å². The minimum atomic E-state index is -0.170. The lowest BCUT2D eigenvalue weighted by molar-refractivity contribution is -0.430. The third-order valence-electron chi connectivity index (χ3n) is 4.31. The maximum Gasteiger partial charge on any atom is 0.286 e. The number of hydrogen-bond donors (Lipinski definition) is 0. The van der Waals surface area contributed by atoms with E-state index in [-0.39, 0.29) is 4.92 Å². The van der Waals surface area contributed by atoms with Crippen molar-refractivity contribution in [1.29, 1.82) is 0 Å². The number of allylic oxidation sites excluding steroid dienone is 1. The first-order valence-corrected chi connectivity index (χ1v) is 7.21. The summed E-state index contributed by atoms with van der Waals surface area (Å²) in [7, 11) is 0. The van der Waals surface area contributed by atoms with E-state index in [1.807, 2.05) is 0 Å². The Hall–Kier alpha value is -1.30. The summed E-state index contributed by atoms with van der Waals surface area (Å²) in [6.45, 7) is 5.36. The van der Waals surface area contributed by atoms with E-state index in [0.29, 0.717) is 18.0 Å². The molecule has 19 heavy (non-hydrogen) atoms. The van der Waals surface area contributed by atoms with Crippen LogP contribution in [0.4, 0.5) is 0 Å². The first kappa shape index (κ1) is 12.7. The molecule has 3 aliphatic heterocycles. The second-order valence-corrected chi connectivity index (χ2v) is 5.65. The summed E-state index contributed by atoms with van der Waals surface area (Å²) in [6, 6.07) is 0. The van der Waals surface area contributed by atoms with Crippen LogP contribution in [-0.2, 0) is 4.74 Å². The number of nitrogens with zero attached hydrogens (tertiary/aromatic N) is 3. The van der Waals surface area contributed by atoms with Crippen molar-refractivity contribution in [2.24, 2.45) is 5.92 Å². The first-order chi connectivity index (χ1) is 9.25. The molecule has 0 aliphatic carbocycles. The largest absolute Gasteiger partial charge is 0.381 e. The molecule has 0 aromatic carbocycles. The van der Waals surface area contributed by atoms with E-state index in [2.05, 4.69) is 9.80 Å². The van der Waals surface area contributed by atoms with E-state index in [1.54, 1.807) is 0 Å². The molecule has 0 spiro atoms. The number of ether oxygens (including phenoxy) is 1. The van der Waals surface area contributed by atoms with E-state index in [0.717, 1.165) is 64.5 Å². The molecule has 3 heterocycles. The fourth-order valence-corrected chi connectivity index (χ4v) is 3.33. The normalized spacial score (nSPS) is 27.7. The van der Waals surface area contributed by atoms with E-state index in [4.69, 9.17) is 4.74 Å². The molecule has 0 N–H and O–H groups in total. The Balaban J connectivity index is 1.81. The summed E-state index contributed by atoms with van der Waals surface area (Å²) in [6.07, 6.45) is 3.67. The van der Waals surface area contributed by atoms with Crippen LogP contribution in [-0.4, -0.2) is 54.1 Å². The molecule has 1 atom stereocenters. The van der Waals surface area contributed by atoms with Crippen molar-refractivity contribution in [2.75, 3.05) is 39.4 Å². The Kier molecular flexibility index (Phi) is 3.59. The molecular formula is C13H21N3O3. The average Bonchev–Trinajstić information content (AvgIpc) is 2.96. The predicted octanol–water partition coefficient (Wildman–Crippen LogP) is 1.27. The highest BCUT2D eigenvalue weighted by atomic mass is 16.6. The third-order valence-corrected chi connectivity index (χ3v) is 4.31. The van der Waals surface area contributed by atoms with Crippen LogP contribution < -0.4 is 0 Å². The highest BCUT2D eigenvalue weighted by molar-refractivity contribution is 5.12. The van der Waals surface area contributed by atoms with Crippen molar-refractivity contribution in [1.82, 2.24) is 9.80 Å². The molecule has 0 radical (unpaired) electrons. The van der Waals surface area contributed by atoms with E-state index in [1.165, 1.54) is 0 Å². The van der Waals surface area contributed by atoms with E-state index >= 15 is 0 Å². The third kappa shape index (κ3) is 2.54. The summed E-state index contributed by atoms with van der Waals surface area (Å²) in [5, 5.41) is 11.3. The van der Waals surface area contributed by atoms with Gasteiger partial charge in [-0.05, 0) is 19.3 Å². The zero-order chi connectivity index (χ0) is 13.2. The predicted molar refractivity (Wildman–Crippen MR) is 69.9 cm³/mol. The van der Waals surface area contributed by atoms with Gasteiger partial charge in [-0.3, -0.25) is 10.1 Å². The molecule has 106 valence electrons. The molecule has 3 aliphatic rings. The summed E-state index contributed by atoms with van der Waals surface area (Å²) >= 11 is 0. The molecular weight excluding hydrogens is 246 g/mol. The molecule has 0 aromatic rings. The first-order valence-electron chi connectivity index (χ1n) is 7.21. The van der Waals surface area contributed by atoms with Crippen molar-refractivity contribution in [3.8, 4) is 0 Å². The number of fused-ring (bicyclic) bond motifs is 1. The van der Waals surface area contributed by atoms with Gasteiger partial charge in [-0.25, -0.2) is 0 Å². The van der Waals surface area contributed by atoms with Crippen LogP contribution in [0.15, 0.2) is 11.5 Å². The maximum atomic E-state index is 11.3. The van der Waals surface area contributed by atoms with Gasteiger partial charge in [0.05, 0.1) is 11.5 Å². The molecule has 3 rings (SSSR count). The van der Waals surface area contributed by atoms with E-state index in [9.17, 15) is 10.1 Å². The second-order valence-electron chi connectivity index (χ2n) is 5.65. The van der Waals surface area contributed by atoms with Crippen molar-refractivity contribution in [2.45, 2.75) is 25.7 Å². The van der Waals surface area contributed by atoms with Gasteiger partial charge >= 0.3 is 0 Å². The molecule has 0 bridgehead atoms. The molecule has 0 amide bonds. The summed E-state index contributed by atoms with van der Waals surface area (Å²) in [5.41, 5.74) is 0.425. The quantitative estimate of drug-likeness (QED) is 0.569. The minimum Gasteiger partial charge on any atom is -0.381 e. The van der Waals surface area contributed by atoms with Gasteiger partial charge in [0.2, 0.25) is 0 Å². The highest BCUT2D eigenvalue weighted by Crippen LogP contribution is 2.30. The summed E-state index contributed by atoms with van der Waals surface area (Å²) < 4.78 is 5.41. The van der Waals surface area contributed by atoms with Crippen molar-refractivity contribution in [3.63, 3.8) is 0 Å². The van der Waals surface area contributed by atoms with Gasteiger partial charge in [0.1, 0.15) is 0 Å². The Morgan fingerprint density at radius 3 is 2.95 bits per heavy atom. The zero-order valence-corrected chi connectivity index (χ0v) is 11.2. The summed E-state index contributed by atoms with van der Waals surface area (Å²) in [4.78, 5) is 15.6. The Bertz CT molecular complexity index is 391. The highest BCUT2D eigenvalue weighted by Gasteiger charge is 2.36. The monoisotopic (exact) mass is 267 g/mol. The van der Waals surface area contributed by atoms with Crippen molar-refractivity contribution in [3.05, 3.63) is 21.6 Å². The zero-order valence-electron chi connectivity index (χ0n) is 11.2. The SMILES string of the molecule is O=[N+]([O-])C1=C2N(CCCC1)CCN2CC1CCOC1. The van der Waals surface area contributed by atoms with Crippen LogP contribution >= 0.6 is 0 Å². The lowest BCUT2D eigenvalue weighted by Crippen LogP contribution is -2.30. The van der Waals surface area contributed by atoms with Crippen molar-refractivity contribution >= 4 is 0 Å². The standard InChI is InChI=1S/C13H21N3O3/c17-16(18)12-3-1-2-5-14-6-7-15(13(12)14)9-11-4-8-19-10-11/h11H,1-10H2. The van der Waals surface area contributed by atoms with Crippen LogP contribution in [0.2, 0.25) is 0 Å². The van der Waals surface area contributed by atoms with Crippen molar-refractivity contribution < 1.29 is 9.66 Å². The maximum absolute atomic E-state index is 11.3. The molecule has 1 unspecified atom stereocenters. The van der Waals surface area contributed by atoms with Gasteiger partial charge in [0, 0.05) is 45.1 Å². The second kappa shape index (κ2) is 5.36. The van der Waals surface area contributed by atoms with E-state index < -0.39 is 0 Å². The average molecular weight is 267 g/mol. The number of nitro groups is 1. The van der Waals surface area contributed by atoms with Gasteiger partial charge in [-0.1, -0.05) is 0 Å². The van der Waals surface area contributed by atoms with Gasteiger partial charge in [-0.2, -0.15) is 0 Å².